The summed E-state index contributed by atoms with van der Waals surface area (Å²) in [6.45, 7) is 6.96. The number of carbonyl (C=O) groups excluding carboxylic acids is 1. The summed E-state index contributed by atoms with van der Waals surface area (Å²) in [6, 6.07) is 2.57. The number of benzene rings is 1. The molecule has 0 saturated carbocycles. The summed E-state index contributed by atoms with van der Waals surface area (Å²) >= 11 is 1.32. The molecule has 2 saturated heterocycles. The first-order valence-electron chi connectivity index (χ1n) is 11.7. The number of rotatable bonds is 3. The Bertz CT molecular complexity index is 1270. The number of oxazole rings is 1. The van der Waals surface area contributed by atoms with Crippen molar-refractivity contribution in [3.05, 3.63) is 29.3 Å². The first kappa shape index (κ1) is 24.8. The fourth-order valence-electron chi connectivity index (χ4n) is 4.87. The van der Waals surface area contributed by atoms with E-state index >= 15 is 0 Å². The van der Waals surface area contributed by atoms with Gasteiger partial charge in [0.2, 0.25) is 0 Å². The van der Waals surface area contributed by atoms with Crippen molar-refractivity contribution in [2.24, 2.45) is 0 Å². The maximum Gasteiger partial charge on any atom is 0.421 e. The van der Waals surface area contributed by atoms with Crippen molar-refractivity contribution in [3.63, 3.8) is 0 Å². The number of anilines is 1. The van der Waals surface area contributed by atoms with Gasteiger partial charge in [-0.05, 0) is 46.6 Å². The van der Waals surface area contributed by atoms with Gasteiger partial charge >= 0.3 is 12.3 Å². The highest BCUT2D eigenvalue weighted by Crippen LogP contribution is 2.45. The highest BCUT2D eigenvalue weighted by molar-refractivity contribution is 7.13. The third kappa shape index (κ3) is 4.19. The Morgan fingerprint density at radius 2 is 1.83 bits per heavy atom. The number of piperazine rings is 1. The van der Waals surface area contributed by atoms with Gasteiger partial charge in [0.05, 0.1) is 17.6 Å². The van der Waals surface area contributed by atoms with E-state index in [1.165, 1.54) is 23.5 Å². The number of thiazole rings is 1. The molecule has 3 aromatic rings. The standard InChI is InChI=1S/C24H27F3N4O4S/c1-22(2,3)35-21(32)31-13-5-6-14(31)12-30(11-13)20-29-17-16(23(4,33)24(25,26)27)8-7-15(18(17)34-20)19-28-9-10-36-19/h7-10,13-14,33H,5-6,11-12H2,1-4H3. The number of hydrogen-bond acceptors (Lipinski definition) is 8. The lowest BCUT2D eigenvalue weighted by molar-refractivity contribution is -0.258. The molecule has 0 radical (unpaired) electrons. The van der Waals surface area contributed by atoms with E-state index in [9.17, 15) is 23.1 Å². The molecule has 0 aliphatic carbocycles. The Hall–Kier alpha value is -2.86. The van der Waals surface area contributed by atoms with E-state index in [4.69, 9.17) is 9.15 Å². The molecule has 194 valence electrons. The fourth-order valence-corrected chi connectivity index (χ4v) is 5.53. The lowest BCUT2D eigenvalue weighted by Gasteiger charge is -2.40. The number of fused-ring (bicyclic) bond motifs is 3. The lowest BCUT2D eigenvalue weighted by Crippen LogP contribution is -2.56. The second kappa shape index (κ2) is 8.34. The molecule has 8 nitrogen and oxygen atoms in total. The van der Waals surface area contributed by atoms with Gasteiger partial charge in [-0.2, -0.15) is 18.2 Å². The lowest BCUT2D eigenvalue weighted by atomic mass is 9.93. The molecule has 12 heteroatoms. The van der Waals surface area contributed by atoms with Gasteiger partial charge in [-0.1, -0.05) is 6.07 Å². The SMILES string of the molecule is CC(C)(C)OC(=O)N1C2CCC1CN(c1nc3c(C(C)(O)C(F)(F)F)ccc(-c4nccs4)c3o1)C2. The van der Waals surface area contributed by atoms with Gasteiger partial charge in [0.15, 0.2) is 11.2 Å². The van der Waals surface area contributed by atoms with Crippen molar-refractivity contribution in [3.8, 4) is 10.6 Å². The molecule has 1 N–H and O–H groups in total. The van der Waals surface area contributed by atoms with Crippen LogP contribution in [0, 0.1) is 0 Å². The van der Waals surface area contributed by atoms with Crippen molar-refractivity contribution >= 4 is 34.5 Å². The number of aliphatic hydroxyl groups is 1. The normalized spacial score (nSPS) is 22.2. The number of amides is 1. The summed E-state index contributed by atoms with van der Waals surface area (Å²) in [5, 5.41) is 12.8. The average Bonchev–Trinajstić information content (AvgIpc) is 3.49. The summed E-state index contributed by atoms with van der Waals surface area (Å²) in [4.78, 5) is 25.1. The molecule has 1 amide bonds. The van der Waals surface area contributed by atoms with Crippen LogP contribution in [0.2, 0.25) is 0 Å². The molecule has 2 aromatic heterocycles. The van der Waals surface area contributed by atoms with Crippen LogP contribution in [0.15, 0.2) is 28.1 Å². The van der Waals surface area contributed by atoms with Crippen LogP contribution < -0.4 is 4.90 Å². The molecule has 3 unspecified atom stereocenters. The molecule has 4 heterocycles. The van der Waals surface area contributed by atoms with E-state index in [2.05, 4.69) is 9.97 Å². The summed E-state index contributed by atoms with van der Waals surface area (Å²) < 4.78 is 52.9. The van der Waals surface area contributed by atoms with Crippen LogP contribution in [-0.4, -0.2) is 63.0 Å². The number of carbonyl (C=O) groups is 1. The Morgan fingerprint density at radius 3 is 2.39 bits per heavy atom. The first-order valence-corrected chi connectivity index (χ1v) is 12.5. The minimum atomic E-state index is -4.92. The van der Waals surface area contributed by atoms with Crippen LogP contribution in [0.25, 0.3) is 21.7 Å². The second-order valence-corrected chi connectivity index (χ2v) is 11.3. The highest BCUT2D eigenvalue weighted by Gasteiger charge is 2.53. The van der Waals surface area contributed by atoms with Gasteiger partial charge in [0.25, 0.3) is 6.01 Å². The summed E-state index contributed by atoms with van der Waals surface area (Å²) in [6.07, 6.45) is -2.14. The predicted molar refractivity (Wildman–Crippen MR) is 128 cm³/mol. The van der Waals surface area contributed by atoms with Crippen molar-refractivity contribution < 1.29 is 32.2 Å². The zero-order valence-electron chi connectivity index (χ0n) is 20.3. The van der Waals surface area contributed by atoms with E-state index in [0.717, 1.165) is 12.8 Å². The summed E-state index contributed by atoms with van der Waals surface area (Å²) in [7, 11) is 0. The van der Waals surface area contributed by atoms with Crippen LogP contribution in [0.3, 0.4) is 0 Å². The maximum absolute atomic E-state index is 13.8. The minimum Gasteiger partial charge on any atom is -0.444 e. The van der Waals surface area contributed by atoms with Gasteiger partial charge < -0.3 is 19.2 Å². The molecule has 2 aliphatic rings. The Kier molecular flexibility index (Phi) is 5.75. The number of hydrogen-bond donors (Lipinski definition) is 1. The third-order valence-electron chi connectivity index (χ3n) is 6.63. The number of nitrogens with zero attached hydrogens (tertiary/aromatic N) is 4. The van der Waals surface area contributed by atoms with Crippen molar-refractivity contribution in [2.75, 3.05) is 18.0 Å². The maximum atomic E-state index is 13.8. The van der Waals surface area contributed by atoms with Crippen LogP contribution in [0.1, 0.15) is 46.1 Å². The van der Waals surface area contributed by atoms with E-state index in [0.29, 0.717) is 30.6 Å². The quantitative estimate of drug-likeness (QED) is 0.497. The van der Waals surface area contributed by atoms with Gasteiger partial charge in [-0.15, -0.1) is 11.3 Å². The Morgan fingerprint density at radius 1 is 1.17 bits per heavy atom. The smallest absolute Gasteiger partial charge is 0.421 e. The minimum absolute atomic E-state index is 0.0676. The van der Waals surface area contributed by atoms with E-state index in [-0.39, 0.29) is 35.3 Å². The molecule has 2 fully saturated rings. The van der Waals surface area contributed by atoms with Crippen LogP contribution in [0.4, 0.5) is 24.0 Å². The molecule has 1 aromatic carbocycles. The molecule has 2 aliphatic heterocycles. The third-order valence-corrected chi connectivity index (χ3v) is 7.43. The zero-order valence-corrected chi connectivity index (χ0v) is 21.1. The Balaban J connectivity index is 1.53. The molecule has 36 heavy (non-hydrogen) atoms. The topological polar surface area (TPSA) is 91.9 Å². The monoisotopic (exact) mass is 524 g/mol. The summed E-state index contributed by atoms with van der Waals surface area (Å²) in [5.41, 5.74) is -3.58. The van der Waals surface area contributed by atoms with E-state index in [1.54, 1.807) is 16.5 Å². The van der Waals surface area contributed by atoms with Crippen molar-refractivity contribution in [1.29, 1.82) is 0 Å². The molecule has 5 rings (SSSR count). The number of ether oxygens (including phenoxy) is 1. The van der Waals surface area contributed by atoms with Gasteiger partial charge in [-0.25, -0.2) is 9.78 Å². The largest absolute Gasteiger partial charge is 0.444 e. The van der Waals surface area contributed by atoms with E-state index in [1.807, 2.05) is 25.7 Å². The van der Waals surface area contributed by atoms with Gasteiger partial charge in [0, 0.05) is 30.2 Å². The number of aromatic nitrogens is 2. The second-order valence-electron chi connectivity index (χ2n) is 10.4. The molecular formula is C24H27F3N4O4S. The number of alkyl halides is 3. The average molecular weight is 525 g/mol. The number of halogens is 3. The zero-order chi connectivity index (χ0) is 26.0. The van der Waals surface area contributed by atoms with Crippen LogP contribution >= 0.6 is 11.3 Å². The molecule has 0 spiro atoms. The molecule has 2 bridgehead atoms. The molecular weight excluding hydrogens is 497 g/mol. The predicted octanol–water partition coefficient (Wildman–Crippen LogP) is 5.31. The van der Waals surface area contributed by atoms with Gasteiger partial charge in [0.1, 0.15) is 16.1 Å². The molecule has 3 atom stereocenters. The van der Waals surface area contributed by atoms with Gasteiger partial charge in [-0.3, -0.25) is 4.90 Å². The first-order chi connectivity index (χ1) is 16.8. The van der Waals surface area contributed by atoms with Crippen molar-refractivity contribution in [2.45, 2.75) is 70.0 Å². The fraction of sp³-hybridized carbons (Fsp3) is 0.542. The highest BCUT2D eigenvalue weighted by atomic mass is 32.1. The van der Waals surface area contributed by atoms with Crippen LogP contribution in [-0.2, 0) is 10.3 Å². The van der Waals surface area contributed by atoms with Crippen molar-refractivity contribution in [1.82, 2.24) is 14.9 Å². The summed E-state index contributed by atoms with van der Waals surface area (Å²) in [5.74, 6) is 0. The Labute approximate surface area is 209 Å². The van der Waals surface area contributed by atoms with Crippen LogP contribution in [0.5, 0.6) is 0 Å². The van der Waals surface area contributed by atoms with E-state index < -0.39 is 22.9 Å².